The van der Waals surface area contributed by atoms with Crippen molar-refractivity contribution in [3.05, 3.63) is 60.4 Å². The molecule has 0 saturated carbocycles. The molecular formula is C20H19NO4. The number of pyridine rings is 1. The number of hydrogen-bond donors (Lipinski definition) is 1. The molecule has 0 bridgehead atoms. The third kappa shape index (κ3) is 3.88. The first-order valence-electron chi connectivity index (χ1n) is 8.21. The summed E-state index contributed by atoms with van der Waals surface area (Å²) in [5, 5.41) is 11.7. The fourth-order valence-corrected chi connectivity index (χ4v) is 2.39. The minimum Gasteiger partial charge on any atom is -0.505 e. The standard InChI is InChI=1S/C20H19NO4/c1-2-3-11-24-20(23)18-19(22)17-12-16(10-9-14(17)13-21-18)25-15-7-5-4-6-8-15/h4-10,12-13,22H,2-3,11H2,1H3. The Hall–Kier alpha value is -3.08. The Bertz CT molecular complexity index is 878. The molecule has 1 heterocycles. The number of nitrogens with zero attached hydrogens (tertiary/aromatic N) is 1. The van der Waals surface area contributed by atoms with Gasteiger partial charge in [0.2, 0.25) is 0 Å². The summed E-state index contributed by atoms with van der Waals surface area (Å²) < 4.78 is 10.9. The number of aromatic nitrogens is 1. The average molecular weight is 337 g/mol. The van der Waals surface area contributed by atoms with Gasteiger partial charge in [0.05, 0.1) is 6.61 Å². The van der Waals surface area contributed by atoms with Gasteiger partial charge >= 0.3 is 5.97 Å². The van der Waals surface area contributed by atoms with Crippen LogP contribution in [0.3, 0.4) is 0 Å². The van der Waals surface area contributed by atoms with E-state index in [4.69, 9.17) is 9.47 Å². The van der Waals surface area contributed by atoms with E-state index in [-0.39, 0.29) is 11.4 Å². The molecule has 5 heteroatoms. The molecule has 0 aliphatic rings. The number of hydrogen-bond acceptors (Lipinski definition) is 5. The third-order valence-corrected chi connectivity index (χ3v) is 3.74. The van der Waals surface area contributed by atoms with Gasteiger partial charge in [-0.2, -0.15) is 0 Å². The van der Waals surface area contributed by atoms with Crippen molar-refractivity contribution < 1.29 is 19.4 Å². The maximum atomic E-state index is 12.1. The smallest absolute Gasteiger partial charge is 0.360 e. The van der Waals surface area contributed by atoms with E-state index in [1.54, 1.807) is 18.2 Å². The average Bonchev–Trinajstić information content (AvgIpc) is 2.63. The zero-order valence-corrected chi connectivity index (χ0v) is 13.9. The van der Waals surface area contributed by atoms with Gasteiger partial charge in [-0.05, 0) is 36.8 Å². The van der Waals surface area contributed by atoms with Crippen LogP contribution in [0.2, 0.25) is 0 Å². The zero-order chi connectivity index (χ0) is 17.6. The minimum absolute atomic E-state index is 0.0829. The van der Waals surface area contributed by atoms with Crippen LogP contribution in [0.4, 0.5) is 0 Å². The molecule has 0 saturated heterocycles. The summed E-state index contributed by atoms with van der Waals surface area (Å²) in [6.45, 7) is 2.32. The van der Waals surface area contributed by atoms with Crippen LogP contribution < -0.4 is 4.74 Å². The van der Waals surface area contributed by atoms with Crippen molar-refractivity contribution in [3.63, 3.8) is 0 Å². The van der Waals surface area contributed by atoms with E-state index >= 15 is 0 Å². The Morgan fingerprint density at radius 2 is 1.92 bits per heavy atom. The van der Waals surface area contributed by atoms with Crippen LogP contribution >= 0.6 is 0 Å². The lowest BCUT2D eigenvalue weighted by molar-refractivity contribution is 0.0489. The zero-order valence-electron chi connectivity index (χ0n) is 13.9. The highest BCUT2D eigenvalue weighted by Crippen LogP contribution is 2.32. The predicted octanol–water partition coefficient (Wildman–Crippen LogP) is 4.69. The van der Waals surface area contributed by atoms with Crippen molar-refractivity contribution in [2.24, 2.45) is 0 Å². The van der Waals surface area contributed by atoms with Crippen LogP contribution in [-0.2, 0) is 4.74 Å². The van der Waals surface area contributed by atoms with Gasteiger partial charge in [0.25, 0.3) is 0 Å². The van der Waals surface area contributed by atoms with Crippen molar-refractivity contribution in [1.82, 2.24) is 4.98 Å². The Morgan fingerprint density at radius 1 is 1.12 bits per heavy atom. The minimum atomic E-state index is -0.623. The van der Waals surface area contributed by atoms with Gasteiger partial charge in [-0.15, -0.1) is 0 Å². The number of benzene rings is 2. The maximum absolute atomic E-state index is 12.1. The molecule has 0 aliphatic heterocycles. The van der Waals surface area contributed by atoms with E-state index in [0.29, 0.717) is 28.9 Å². The normalized spacial score (nSPS) is 10.6. The van der Waals surface area contributed by atoms with Crippen molar-refractivity contribution in [2.75, 3.05) is 6.61 Å². The number of fused-ring (bicyclic) bond motifs is 1. The van der Waals surface area contributed by atoms with Gasteiger partial charge in [-0.1, -0.05) is 31.5 Å². The summed E-state index contributed by atoms with van der Waals surface area (Å²) >= 11 is 0. The van der Waals surface area contributed by atoms with Crippen molar-refractivity contribution in [3.8, 4) is 17.2 Å². The van der Waals surface area contributed by atoms with Gasteiger partial charge < -0.3 is 14.6 Å². The van der Waals surface area contributed by atoms with Crippen molar-refractivity contribution in [1.29, 1.82) is 0 Å². The lowest BCUT2D eigenvalue weighted by Gasteiger charge is -2.10. The van der Waals surface area contributed by atoms with Gasteiger partial charge in [0.1, 0.15) is 11.5 Å². The molecule has 1 aromatic heterocycles. The second-order valence-corrected chi connectivity index (χ2v) is 5.61. The molecule has 0 spiro atoms. The fourth-order valence-electron chi connectivity index (χ4n) is 2.39. The number of aromatic hydroxyl groups is 1. The van der Waals surface area contributed by atoms with E-state index in [1.807, 2.05) is 37.3 Å². The first-order chi connectivity index (χ1) is 12.2. The molecule has 0 amide bonds. The number of esters is 1. The molecule has 0 atom stereocenters. The fraction of sp³-hybridized carbons (Fsp3) is 0.200. The van der Waals surface area contributed by atoms with Crippen LogP contribution in [0.15, 0.2) is 54.7 Å². The van der Waals surface area contributed by atoms with E-state index in [9.17, 15) is 9.90 Å². The molecule has 3 aromatic rings. The Kier molecular flexibility index (Phi) is 5.14. The number of rotatable bonds is 6. The van der Waals surface area contributed by atoms with Gasteiger partial charge in [-0.25, -0.2) is 9.78 Å². The molecule has 2 aromatic carbocycles. The second-order valence-electron chi connectivity index (χ2n) is 5.61. The molecule has 25 heavy (non-hydrogen) atoms. The summed E-state index contributed by atoms with van der Waals surface area (Å²) in [7, 11) is 0. The molecule has 1 N–H and O–H groups in total. The third-order valence-electron chi connectivity index (χ3n) is 3.74. The number of carbonyl (C=O) groups excluding carboxylic acids is 1. The van der Waals surface area contributed by atoms with Crippen LogP contribution in [0.25, 0.3) is 10.8 Å². The number of para-hydroxylation sites is 1. The van der Waals surface area contributed by atoms with E-state index in [0.717, 1.165) is 12.8 Å². The molecule has 3 rings (SSSR count). The molecule has 5 nitrogen and oxygen atoms in total. The number of unbranched alkanes of at least 4 members (excludes halogenated alkanes) is 1. The van der Waals surface area contributed by atoms with Gasteiger partial charge in [0.15, 0.2) is 11.4 Å². The van der Waals surface area contributed by atoms with Crippen LogP contribution in [0, 0.1) is 0 Å². The summed E-state index contributed by atoms with van der Waals surface area (Å²) in [5.74, 6) is 0.430. The highest BCUT2D eigenvalue weighted by atomic mass is 16.5. The molecular weight excluding hydrogens is 318 g/mol. The summed E-state index contributed by atoms with van der Waals surface area (Å²) in [4.78, 5) is 16.1. The summed E-state index contributed by atoms with van der Waals surface area (Å²) in [6.07, 6.45) is 3.23. The molecule has 0 aliphatic carbocycles. The van der Waals surface area contributed by atoms with Crippen molar-refractivity contribution in [2.45, 2.75) is 19.8 Å². The molecule has 0 fully saturated rings. The highest BCUT2D eigenvalue weighted by Gasteiger charge is 2.17. The van der Waals surface area contributed by atoms with Gasteiger partial charge in [-0.3, -0.25) is 0 Å². The highest BCUT2D eigenvalue weighted by molar-refractivity contribution is 5.99. The first kappa shape index (κ1) is 16.8. The van der Waals surface area contributed by atoms with Gasteiger partial charge in [0, 0.05) is 17.0 Å². The van der Waals surface area contributed by atoms with Crippen LogP contribution in [-0.4, -0.2) is 22.7 Å². The Morgan fingerprint density at radius 3 is 2.68 bits per heavy atom. The summed E-state index contributed by atoms with van der Waals surface area (Å²) in [5.41, 5.74) is -0.0829. The summed E-state index contributed by atoms with van der Waals surface area (Å²) in [6, 6.07) is 14.6. The molecule has 0 radical (unpaired) electrons. The lowest BCUT2D eigenvalue weighted by Crippen LogP contribution is -2.08. The largest absolute Gasteiger partial charge is 0.505 e. The number of ether oxygens (including phenoxy) is 2. The topological polar surface area (TPSA) is 68.7 Å². The number of carbonyl (C=O) groups is 1. The molecule has 0 unspecified atom stereocenters. The predicted molar refractivity (Wildman–Crippen MR) is 95.1 cm³/mol. The van der Waals surface area contributed by atoms with E-state index < -0.39 is 5.97 Å². The Labute approximate surface area is 145 Å². The second kappa shape index (κ2) is 7.66. The van der Waals surface area contributed by atoms with Crippen molar-refractivity contribution >= 4 is 16.7 Å². The monoisotopic (exact) mass is 337 g/mol. The van der Waals surface area contributed by atoms with E-state index in [2.05, 4.69) is 4.98 Å². The SMILES string of the molecule is CCCCOC(=O)c1ncc2ccc(Oc3ccccc3)cc2c1O. The lowest BCUT2D eigenvalue weighted by atomic mass is 10.1. The first-order valence-corrected chi connectivity index (χ1v) is 8.21. The maximum Gasteiger partial charge on any atom is 0.360 e. The van der Waals surface area contributed by atoms with Crippen LogP contribution in [0.1, 0.15) is 30.3 Å². The van der Waals surface area contributed by atoms with E-state index in [1.165, 1.54) is 6.20 Å². The molecule has 128 valence electrons. The quantitative estimate of drug-likeness (QED) is 0.522. The van der Waals surface area contributed by atoms with Crippen LogP contribution in [0.5, 0.6) is 17.2 Å². The Balaban J connectivity index is 1.89.